The zero-order valence-corrected chi connectivity index (χ0v) is 23.4. The van der Waals surface area contributed by atoms with Crippen molar-refractivity contribution in [2.45, 2.75) is 0 Å². The maximum absolute atomic E-state index is 5.19. The fourth-order valence-electron chi connectivity index (χ4n) is 6.02. The molecule has 0 atom stereocenters. The Morgan fingerprint density at radius 1 is 0.372 bits per heavy atom. The molecular weight excluding hydrogens is 522 g/mol. The molecule has 1 aromatic heterocycles. The van der Waals surface area contributed by atoms with E-state index >= 15 is 0 Å². The van der Waals surface area contributed by atoms with Crippen LogP contribution in [0.15, 0.2) is 164 Å². The summed E-state index contributed by atoms with van der Waals surface area (Å²) in [6.45, 7) is 0. The highest BCUT2D eigenvalue weighted by Crippen LogP contribution is 2.37. The third kappa shape index (κ3) is 4.48. The molecule has 0 N–H and O–H groups in total. The molecule has 7 aromatic carbocycles. The van der Waals surface area contributed by atoms with Gasteiger partial charge in [0.25, 0.3) is 0 Å². The Hall–Kier alpha value is -5.80. The highest BCUT2D eigenvalue weighted by atomic mass is 15.1. The molecule has 0 aliphatic carbocycles. The lowest BCUT2D eigenvalue weighted by molar-refractivity contribution is 1.28. The minimum absolute atomic E-state index is 0.866. The van der Waals surface area contributed by atoms with Crippen molar-refractivity contribution in [3.8, 4) is 22.4 Å². The molecular formula is C40H27N3. The van der Waals surface area contributed by atoms with Crippen molar-refractivity contribution >= 4 is 49.6 Å². The summed E-state index contributed by atoms with van der Waals surface area (Å²) in [7, 11) is 0. The molecule has 1 heterocycles. The standard InChI is InChI=1S/C40H27N3/c1-3-14-31(15-4-1)43(32-16-5-2-6-17-32)33-24-22-28(23-25-33)29-12-11-13-30(26-29)38-27-41-39-36-20-9-7-18-34(36)35-19-8-10-21-37(35)40(39)42-38/h1-27H. The van der Waals surface area contributed by atoms with Crippen LogP contribution < -0.4 is 4.90 Å². The van der Waals surface area contributed by atoms with E-state index in [9.17, 15) is 0 Å². The molecule has 0 spiro atoms. The smallest absolute Gasteiger partial charge is 0.0979 e. The Morgan fingerprint density at radius 2 is 0.884 bits per heavy atom. The SMILES string of the molecule is c1ccc(N(c2ccccc2)c2ccc(-c3cccc(-c4cnc5c6ccccc6c6ccccc6c5n4)c3)cc2)cc1. The van der Waals surface area contributed by atoms with Crippen LogP contribution >= 0.6 is 0 Å². The Kier molecular flexibility index (Phi) is 6.12. The van der Waals surface area contributed by atoms with Crippen LogP contribution in [0.3, 0.4) is 0 Å². The zero-order valence-electron chi connectivity index (χ0n) is 23.4. The van der Waals surface area contributed by atoms with Gasteiger partial charge in [0.15, 0.2) is 0 Å². The first-order chi connectivity index (χ1) is 21.3. The molecule has 0 saturated heterocycles. The molecule has 0 radical (unpaired) electrons. The van der Waals surface area contributed by atoms with E-state index in [-0.39, 0.29) is 0 Å². The van der Waals surface area contributed by atoms with E-state index in [4.69, 9.17) is 9.97 Å². The second-order valence-corrected chi connectivity index (χ2v) is 10.7. The molecule has 0 unspecified atom stereocenters. The Labute approximate surface area is 250 Å². The molecule has 0 aliphatic heterocycles. The lowest BCUT2D eigenvalue weighted by atomic mass is 9.99. The summed E-state index contributed by atoms with van der Waals surface area (Å²) >= 11 is 0. The molecule has 3 heteroatoms. The van der Waals surface area contributed by atoms with Crippen LogP contribution in [-0.4, -0.2) is 9.97 Å². The normalized spacial score (nSPS) is 11.3. The van der Waals surface area contributed by atoms with Gasteiger partial charge in [0.1, 0.15) is 0 Å². The largest absolute Gasteiger partial charge is 0.311 e. The van der Waals surface area contributed by atoms with Gasteiger partial charge < -0.3 is 4.90 Å². The van der Waals surface area contributed by atoms with Crippen molar-refractivity contribution in [2.75, 3.05) is 4.90 Å². The first-order valence-corrected chi connectivity index (χ1v) is 14.5. The lowest BCUT2D eigenvalue weighted by Gasteiger charge is -2.25. The number of hydrogen-bond acceptors (Lipinski definition) is 3. The molecule has 0 aliphatic rings. The van der Waals surface area contributed by atoms with Gasteiger partial charge in [0.2, 0.25) is 0 Å². The summed E-state index contributed by atoms with van der Waals surface area (Å²) < 4.78 is 0. The van der Waals surface area contributed by atoms with E-state index in [0.717, 1.165) is 61.3 Å². The number of para-hydroxylation sites is 2. The van der Waals surface area contributed by atoms with E-state index in [1.165, 1.54) is 10.8 Å². The minimum atomic E-state index is 0.866. The average molecular weight is 550 g/mol. The van der Waals surface area contributed by atoms with Gasteiger partial charge in [-0.3, -0.25) is 4.98 Å². The lowest BCUT2D eigenvalue weighted by Crippen LogP contribution is -2.09. The van der Waals surface area contributed by atoms with E-state index < -0.39 is 0 Å². The zero-order chi connectivity index (χ0) is 28.6. The van der Waals surface area contributed by atoms with Crippen molar-refractivity contribution in [2.24, 2.45) is 0 Å². The van der Waals surface area contributed by atoms with Gasteiger partial charge in [0, 0.05) is 33.4 Å². The number of rotatable bonds is 5. The number of anilines is 3. The summed E-state index contributed by atoms with van der Waals surface area (Å²) in [6, 6.07) is 55.2. The van der Waals surface area contributed by atoms with Gasteiger partial charge in [-0.25, -0.2) is 4.98 Å². The highest BCUT2D eigenvalue weighted by Gasteiger charge is 2.14. The third-order valence-electron chi connectivity index (χ3n) is 8.07. The first kappa shape index (κ1) is 25.0. The second kappa shape index (κ2) is 10.6. The quantitative estimate of drug-likeness (QED) is 0.200. The Balaban J connectivity index is 1.19. The van der Waals surface area contributed by atoms with Crippen LogP contribution in [0.25, 0.3) is 55.0 Å². The maximum Gasteiger partial charge on any atom is 0.0979 e. The van der Waals surface area contributed by atoms with Gasteiger partial charge >= 0.3 is 0 Å². The van der Waals surface area contributed by atoms with E-state index in [2.05, 4.69) is 150 Å². The highest BCUT2D eigenvalue weighted by molar-refractivity contribution is 6.23. The second-order valence-electron chi connectivity index (χ2n) is 10.7. The van der Waals surface area contributed by atoms with Crippen LogP contribution in [0.4, 0.5) is 17.1 Å². The molecule has 0 saturated carbocycles. The molecule has 43 heavy (non-hydrogen) atoms. The summed E-state index contributed by atoms with van der Waals surface area (Å²) in [5.41, 5.74) is 9.43. The fourth-order valence-corrected chi connectivity index (χ4v) is 6.02. The predicted molar refractivity (Wildman–Crippen MR) is 180 cm³/mol. The number of fused-ring (bicyclic) bond motifs is 6. The average Bonchev–Trinajstić information content (AvgIpc) is 3.10. The van der Waals surface area contributed by atoms with Crippen LogP contribution in [0, 0.1) is 0 Å². The number of benzene rings is 7. The first-order valence-electron chi connectivity index (χ1n) is 14.5. The molecule has 8 aromatic rings. The van der Waals surface area contributed by atoms with Gasteiger partial charge in [-0.05, 0) is 64.4 Å². The van der Waals surface area contributed by atoms with E-state index in [1.54, 1.807) is 0 Å². The van der Waals surface area contributed by atoms with Crippen LogP contribution in [0.5, 0.6) is 0 Å². The van der Waals surface area contributed by atoms with Crippen LogP contribution in [0.2, 0.25) is 0 Å². The molecule has 3 nitrogen and oxygen atoms in total. The van der Waals surface area contributed by atoms with Gasteiger partial charge in [-0.2, -0.15) is 0 Å². The monoisotopic (exact) mass is 549 g/mol. The van der Waals surface area contributed by atoms with Gasteiger partial charge in [0.05, 0.1) is 22.9 Å². The van der Waals surface area contributed by atoms with Crippen molar-refractivity contribution in [1.29, 1.82) is 0 Å². The number of nitrogens with zero attached hydrogens (tertiary/aromatic N) is 3. The Morgan fingerprint density at radius 3 is 1.51 bits per heavy atom. The molecule has 0 bridgehead atoms. The number of aromatic nitrogens is 2. The molecule has 0 amide bonds. The van der Waals surface area contributed by atoms with Gasteiger partial charge in [-0.15, -0.1) is 0 Å². The third-order valence-corrected chi connectivity index (χ3v) is 8.07. The predicted octanol–water partition coefficient (Wildman–Crippen LogP) is 10.7. The Bertz CT molecular complexity index is 2150. The summed E-state index contributed by atoms with van der Waals surface area (Å²) in [4.78, 5) is 12.4. The van der Waals surface area contributed by atoms with Crippen molar-refractivity contribution in [3.63, 3.8) is 0 Å². The summed E-state index contributed by atoms with van der Waals surface area (Å²) in [5, 5.41) is 4.66. The topological polar surface area (TPSA) is 29.0 Å². The maximum atomic E-state index is 5.19. The van der Waals surface area contributed by atoms with Crippen molar-refractivity contribution in [3.05, 3.63) is 164 Å². The minimum Gasteiger partial charge on any atom is -0.311 e. The van der Waals surface area contributed by atoms with Crippen LogP contribution in [0.1, 0.15) is 0 Å². The summed E-state index contributed by atoms with van der Waals surface area (Å²) in [6.07, 6.45) is 1.91. The molecule has 8 rings (SSSR count). The van der Waals surface area contributed by atoms with Gasteiger partial charge in [-0.1, -0.05) is 115 Å². The number of hydrogen-bond donors (Lipinski definition) is 0. The van der Waals surface area contributed by atoms with E-state index in [0.29, 0.717) is 0 Å². The summed E-state index contributed by atoms with van der Waals surface area (Å²) in [5.74, 6) is 0. The van der Waals surface area contributed by atoms with Crippen molar-refractivity contribution in [1.82, 2.24) is 9.97 Å². The molecule has 0 fully saturated rings. The van der Waals surface area contributed by atoms with Crippen LogP contribution in [-0.2, 0) is 0 Å². The van der Waals surface area contributed by atoms with E-state index in [1.807, 2.05) is 18.3 Å². The van der Waals surface area contributed by atoms with Crippen molar-refractivity contribution < 1.29 is 0 Å². The fraction of sp³-hybridized carbons (Fsp3) is 0. The molecule has 202 valence electrons.